The Hall–Kier alpha value is -2.60. The summed E-state index contributed by atoms with van der Waals surface area (Å²) in [7, 11) is 0. The predicted molar refractivity (Wildman–Crippen MR) is 101 cm³/mol. The van der Waals surface area contributed by atoms with Crippen LogP contribution in [0.2, 0.25) is 5.02 Å². The quantitative estimate of drug-likeness (QED) is 0.703. The first-order valence-corrected chi connectivity index (χ1v) is 8.99. The van der Waals surface area contributed by atoms with E-state index in [2.05, 4.69) is 15.0 Å². The Morgan fingerprint density at radius 3 is 2.77 bits per heavy atom. The average molecular weight is 370 g/mol. The van der Waals surface area contributed by atoms with Crippen molar-refractivity contribution in [2.24, 2.45) is 0 Å². The number of ether oxygens (including phenoxy) is 1. The normalized spacial score (nSPS) is 16.9. The molecule has 0 saturated carbocycles. The molecule has 2 aromatic heterocycles. The van der Waals surface area contributed by atoms with Crippen molar-refractivity contribution in [1.29, 1.82) is 0 Å². The van der Waals surface area contributed by atoms with E-state index in [-0.39, 0.29) is 6.10 Å². The predicted octanol–water partition coefficient (Wildman–Crippen LogP) is 3.59. The van der Waals surface area contributed by atoms with Gasteiger partial charge >= 0.3 is 0 Å². The monoisotopic (exact) mass is 369 g/mol. The average Bonchev–Trinajstić information content (AvgIpc) is 3.21. The molecular weight excluding hydrogens is 350 g/mol. The molecule has 4 rings (SSSR count). The highest BCUT2D eigenvalue weighted by atomic mass is 35.5. The fraction of sp³-hybridized carbons (Fsp3) is 0.316. The third kappa shape index (κ3) is 3.51. The van der Waals surface area contributed by atoms with Crippen LogP contribution in [-0.4, -0.2) is 38.9 Å². The fourth-order valence-electron chi connectivity index (χ4n) is 3.23. The van der Waals surface area contributed by atoms with Crippen molar-refractivity contribution in [2.75, 3.05) is 18.0 Å². The van der Waals surface area contributed by atoms with Gasteiger partial charge in [-0.3, -0.25) is 4.98 Å². The molecule has 3 aromatic rings. The smallest absolute Gasteiger partial charge is 0.174 e. The fourth-order valence-corrected chi connectivity index (χ4v) is 3.41. The van der Waals surface area contributed by atoms with E-state index < -0.39 is 0 Å². The molecule has 1 aromatic carbocycles. The first-order valence-electron chi connectivity index (χ1n) is 8.61. The first-order chi connectivity index (χ1) is 12.6. The van der Waals surface area contributed by atoms with E-state index in [0.29, 0.717) is 5.02 Å². The summed E-state index contributed by atoms with van der Waals surface area (Å²) in [6, 6.07) is 9.54. The Morgan fingerprint density at radius 1 is 1.15 bits per heavy atom. The van der Waals surface area contributed by atoms with Crippen LogP contribution < -0.4 is 9.64 Å². The second-order valence-electron chi connectivity index (χ2n) is 6.51. The number of anilines is 1. The van der Waals surface area contributed by atoms with Gasteiger partial charge in [-0.2, -0.15) is 5.10 Å². The van der Waals surface area contributed by atoms with Crippen LogP contribution in [0.15, 0.2) is 42.7 Å². The summed E-state index contributed by atoms with van der Waals surface area (Å²) in [5.74, 6) is 2.37. The molecule has 7 heteroatoms. The molecule has 6 nitrogen and oxygen atoms in total. The number of aromatic nitrogens is 4. The number of aryl methyl sites for hydroxylation is 2. The largest absolute Gasteiger partial charge is 0.488 e. The number of halogens is 1. The molecule has 1 aliphatic heterocycles. The lowest BCUT2D eigenvalue weighted by Crippen LogP contribution is -2.25. The second kappa shape index (κ2) is 6.96. The molecule has 1 atom stereocenters. The number of nitrogens with zero attached hydrogens (tertiary/aromatic N) is 5. The molecule has 1 fully saturated rings. The van der Waals surface area contributed by atoms with Crippen molar-refractivity contribution in [1.82, 2.24) is 19.7 Å². The van der Waals surface area contributed by atoms with Gasteiger partial charge in [-0.25, -0.2) is 9.67 Å². The van der Waals surface area contributed by atoms with Gasteiger partial charge < -0.3 is 9.64 Å². The Morgan fingerprint density at radius 2 is 2.00 bits per heavy atom. The SMILES string of the molecule is Cc1cc(C)n(-c2cncc(N3CCC(Oc4cccc(Cl)c4)C3)n2)n1. The van der Waals surface area contributed by atoms with Crippen LogP contribution in [0.3, 0.4) is 0 Å². The molecule has 134 valence electrons. The maximum Gasteiger partial charge on any atom is 0.174 e. The van der Waals surface area contributed by atoms with Gasteiger partial charge in [-0.15, -0.1) is 0 Å². The van der Waals surface area contributed by atoms with E-state index in [1.165, 1.54) is 0 Å². The number of hydrogen-bond acceptors (Lipinski definition) is 5. The zero-order chi connectivity index (χ0) is 18.1. The van der Waals surface area contributed by atoms with Gasteiger partial charge in [-0.05, 0) is 38.1 Å². The Labute approximate surface area is 157 Å². The molecule has 0 spiro atoms. The van der Waals surface area contributed by atoms with Gasteiger partial charge in [0.2, 0.25) is 0 Å². The van der Waals surface area contributed by atoms with Crippen LogP contribution in [0.4, 0.5) is 5.82 Å². The van der Waals surface area contributed by atoms with Crippen LogP contribution in [0, 0.1) is 13.8 Å². The molecule has 0 radical (unpaired) electrons. The molecule has 26 heavy (non-hydrogen) atoms. The second-order valence-corrected chi connectivity index (χ2v) is 6.94. The Bertz CT molecular complexity index is 926. The summed E-state index contributed by atoms with van der Waals surface area (Å²) in [6.45, 7) is 5.63. The summed E-state index contributed by atoms with van der Waals surface area (Å²) in [5, 5.41) is 5.17. The summed E-state index contributed by atoms with van der Waals surface area (Å²) in [5.41, 5.74) is 2.00. The van der Waals surface area contributed by atoms with Gasteiger partial charge in [0.15, 0.2) is 5.82 Å². The molecule has 1 aliphatic rings. The zero-order valence-electron chi connectivity index (χ0n) is 14.8. The lowest BCUT2D eigenvalue weighted by molar-refractivity contribution is 0.225. The van der Waals surface area contributed by atoms with Gasteiger partial charge in [0.05, 0.1) is 24.6 Å². The standard InChI is InChI=1S/C19H20ClN5O/c1-13-8-14(2)25(23-13)19-11-21-10-18(22-19)24-7-6-17(12-24)26-16-5-3-4-15(20)9-16/h3-5,8-11,17H,6-7,12H2,1-2H3. The van der Waals surface area contributed by atoms with Crippen LogP contribution in [0.1, 0.15) is 17.8 Å². The summed E-state index contributed by atoms with van der Waals surface area (Å²) in [4.78, 5) is 11.3. The zero-order valence-corrected chi connectivity index (χ0v) is 15.5. The maximum atomic E-state index is 6.05. The van der Waals surface area contributed by atoms with Crippen molar-refractivity contribution in [3.05, 3.63) is 59.1 Å². The van der Waals surface area contributed by atoms with Gasteiger partial charge in [0.1, 0.15) is 17.7 Å². The summed E-state index contributed by atoms with van der Waals surface area (Å²) >= 11 is 6.03. The van der Waals surface area contributed by atoms with E-state index in [4.69, 9.17) is 21.3 Å². The minimum Gasteiger partial charge on any atom is -0.488 e. The highest BCUT2D eigenvalue weighted by Gasteiger charge is 2.25. The number of rotatable bonds is 4. The molecule has 0 bridgehead atoms. The lowest BCUT2D eigenvalue weighted by Gasteiger charge is -2.18. The van der Waals surface area contributed by atoms with Crippen LogP contribution >= 0.6 is 11.6 Å². The molecule has 1 saturated heterocycles. The number of benzene rings is 1. The van der Waals surface area contributed by atoms with Gasteiger partial charge in [0.25, 0.3) is 0 Å². The molecule has 3 heterocycles. The molecular formula is C19H20ClN5O. The Balaban J connectivity index is 1.49. The van der Waals surface area contributed by atoms with Crippen molar-refractivity contribution < 1.29 is 4.74 Å². The maximum absolute atomic E-state index is 6.05. The first kappa shape index (κ1) is 16.8. The van der Waals surface area contributed by atoms with Crippen molar-refractivity contribution >= 4 is 17.4 Å². The minimum atomic E-state index is 0.104. The topological polar surface area (TPSA) is 56.1 Å². The molecule has 0 amide bonds. The van der Waals surface area contributed by atoms with Crippen molar-refractivity contribution in [3.8, 4) is 11.6 Å². The van der Waals surface area contributed by atoms with E-state index in [0.717, 1.165) is 48.3 Å². The van der Waals surface area contributed by atoms with E-state index in [9.17, 15) is 0 Å². The highest BCUT2D eigenvalue weighted by Crippen LogP contribution is 2.24. The Kier molecular flexibility index (Phi) is 4.51. The van der Waals surface area contributed by atoms with Crippen LogP contribution in [0.25, 0.3) is 5.82 Å². The molecule has 0 N–H and O–H groups in total. The summed E-state index contributed by atoms with van der Waals surface area (Å²) < 4.78 is 7.87. The number of hydrogen-bond donors (Lipinski definition) is 0. The van der Waals surface area contributed by atoms with E-state index in [1.807, 2.05) is 48.9 Å². The third-order valence-electron chi connectivity index (χ3n) is 4.40. The third-order valence-corrected chi connectivity index (χ3v) is 4.64. The molecule has 0 aliphatic carbocycles. The van der Waals surface area contributed by atoms with Crippen LogP contribution in [0.5, 0.6) is 5.75 Å². The van der Waals surface area contributed by atoms with E-state index >= 15 is 0 Å². The van der Waals surface area contributed by atoms with E-state index in [1.54, 1.807) is 12.4 Å². The van der Waals surface area contributed by atoms with Crippen molar-refractivity contribution in [3.63, 3.8) is 0 Å². The summed E-state index contributed by atoms with van der Waals surface area (Å²) in [6.07, 6.45) is 4.56. The minimum absolute atomic E-state index is 0.104. The molecule has 1 unspecified atom stereocenters. The highest BCUT2D eigenvalue weighted by molar-refractivity contribution is 6.30. The van der Waals surface area contributed by atoms with Gasteiger partial charge in [-0.1, -0.05) is 17.7 Å². The van der Waals surface area contributed by atoms with Crippen LogP contribution in [-0.2, 0) is 0 Å². The lowest BCUT2D eigenvalue weighted by atomic mass is 10.3. The van der Waals surface area contributed by atoms with Crippen molar-refractivity contribution in [2.45, 2.75) is 26.4 Å². The van der Waals surface area contributed by atoms with Gasteiger partial charge in [0, 0.05) is 23.7 Å².